The van der Waals surface area contributed by atoms with Crippen LogP contribution in [0.4, 0.5) is 15.8 Å². The lowest BCUT2D eigenvalue weighted by atomic mass is 10.1. The van der Waals surface area contributed by atoms with E-state index in [-0.39, 0.29) is 28.6 Å². The first kappa shape index (κ1) is 14.6. The molecule has 116 valence electrons. The number of hydrogen-bond donors (Lipinski definition) is 1. The molecular weight excluding hydrogens is 305 g/mol. The Labute approximate surface area is 128 Å². The van der Waals surface area contributed by atoms with Gasteiger partial charge in [-0.05, 0) is 6.07 Å². The van der Waals surface area contributed by atoms with Crippen molar-refractivity contribution in [3.63, 3.8) is 0 Å². The van der Waals surface area contributed by atoms with Gasteiger partial charge in [-0.1, -0.05) is 0 Å². The van der Waals surface area contributed by atoms with Crippen molar-refractivity contribution in [1.82, 2.24) is 14.4 Å². The molecule has 0 saturated carbocycles. The summed E-state index contributed by atoms with van der Waals surface area (Å²) in [6, 6.07) is 3.22. The number of nitrogens with zero attached hydrogens (tertiary/aromatic N) is 4. The van der Waals surface area contributed by atoms with Crippen molar-refractivity contribution in [2.24, 2.45) is 0 Å². The Balaban J connectivity index is 2.08. The first-order valence-corrected chi connectivity index (χ1v) is 6.50. The number of aromatic nitrogens is 3. The minimum Gasteiger partial charge on any atom is -0.324 e. The molecule has 2 aromatic heterocycles. The van der Waals surface area contributed by atoms with Crippen LogP contribution in [-0.2, 0) is 4.79 Å². The maximum atomic E-state index is 13.9. The molecule has 0 spiro atoms. The van der Waals surface area contributed by atoms with Gasteiger partial charge in [-0.15, -0.1) is 0 Å². The summed E-state index contributed by atoms with van der Waals surface area (Å²) in [6.45, 7) is 1.36. The van der Waals surface area contributed by atoms with Gasteiger partial charge in [-0.3, -0.25) is 19.3 Å². The zero-order valence-corrected chi connectivity index (χ0v) is 11.9. The van der Waals surface area contributed by atoms with Crippen LogP contribution in [0.1, 0.15) is 6.92 Å². The second-order valence-electron chi connectivity index (χ2n) is 4.78. The number of carbonyl (C=O) groups is 1. The number of carbonyl (C=O) groups excluding carboxylic acids is 1. The molecule has 0 unspecified atom stereocenters. The van der Waals surface area contributed by atoms with Gasteiger partial charge in [0.05, 0.1) is 22.5 Å². The Morgan fingerprint density at radius 3 is 2.87 bits per heavy atom. The summed E-state index contributed by atoms with van der Waals surface area (Å²) in [4.78, 5) is 29.4. The molecule has 2 heterocycles. The SMILES string of the molecule is CC(=O)Nc1cnc2nc(-c3cc([N+](=O)[O-])ccc3F)cn2c1. The van der Waals surface area contributed by atoms with Gasteiger partial charge < -0.3 is 5.32 Å². The third-order valence-corrected chi connectivity index (χ3v) is 3.07. The molecule has 0 bridgehead atoms. The summed E-state index contributed by atoms with van der Waals surface area (Å²) < 4.78 is 15.4. The second-order valence-corrected chi connectivity index (χ2v) is 4.78. The van der Waals surface area contributed by atoms with Gasteiger partial charge in [0.15, 0.2) is 0 Å². The fourth-order valence-corrected chi connectivity index (χ4v) is 2.11. The zero-order chi connectivity index (χ0) is 16.6. The van der Waals surface area contributed by atoms with Crippen LogP contribution in [-0.4, -0.2) is 25.2 Å². The number of imidazole rings is 1. The number of non-ortho nitro benzene ring substituents is 1. The van der Waals surface area contributed by atoms with E-state index in [2.05, 4.69) is 15.3 Å². The predicted octanol–water partition coefficient (Wildman–Crippen LogP) is 2.40. The molecule has 0 radical (unpaired) electrons. The van der Waals surface area contributed by atoms with Gasteiger partial charge in [0, 0.05) is 37.0 Å². The summed E-state index contributed by atoms with van der Waals surface area (Å²) in [5.74, 6) is -0.600. The third-order valence-electron chi connectivity index (χ3n) is 3.07. The molecular formula is C14H10FN5O3. The van der Waals surface area contributed by atoms with Gasteiger partial charge in [0.1, 0.15) is 5.82 Å². The van der Waals surface area contributed by atoms with E-state index in [1.807, 2.05) is 0 Å². The highest BCUT2D eigenvalue weighted by Gasteiger charge is 2.15. The molecule has 0 aliphatic rings. The van der Waals surface area contributed by atoms with Crippen molar-refractivity contribution < 1.29 is 14.1 Å². The molecule has 0 aliphatic heterocycles. The van der Waals surface area contributed by atoms with Crippen molar-refractivity contribution >= 4 is 23.1 Å². The van der Waals surface area contributed by atoms with Gasteiger partial charge in [0.25, 0.3) is 5.69 Å². The summed E-state index contributed by atoms with van der Waals surface area (Å²) in [7, 11) is 0. The minimum atomic E-state index is -0.624. The fraction of sp³-hybridized carbons (Fsp3) is 0.0714. The van der Waals surface area contributed by atoms with Crippen LogP contribution in [0, 0.1) is 15.9 Å². The lowest BCUT2D eigenvalue weighted by Gasteiger charge is -2.00. The Hall–Kier alpha value is -3.36. The maximum Gasteiger partial charge on any atom is 0.270 e. The number of nitro benzene ring substituents is 1. The lowest BCUT2D eigenvalue weighted by Crippen LogP contribution is -2.06. The van der Waals surface area contributed by atoms with Gasteiger partial charge in [-0.25, -0.2) is 14.4 Å². The van der Waals surface area contributed by atoms with Crippen LogP contribution in [0.25, 0.3) is 17.0 Å². The quantitative estimate of drug-likeness (QED) is 0.590. The van der Waals surface area contributed by atoms with Gasteiger partial charge in [-0.2, -0.15) is 0 Å². The summed E-state index contributed by atoms with van der Waals surface area (Å²) in [5.41, 5.74) is 0.434. The van der Waals surface area contributed by atoms with E-state index in [0.717, 1.165) is 18.2 Å². The van der Waals surface area contributed by atoms with Gasteiger partial charge >= 0.3 is 0 Å². The van der Waals surface area contributed by atoms with E-state index in [1.165, 1.54) is 23.7 Å². The van der Waals surface area contributed by atoms with Crippen LogP contribution >= 0.6 is 0 Å². The number of benzene rings is 1. The lowest BCUT2D eigenvalue weighted by molar-refractivity contribution is -0.384. The van der Waals surface area contributed by atoms with Crippen molar-refractivity contribution in [2.75, 3.05) is 5.32 Å². The summed E-state index contributed by atoms with van der Waals surface area (Å²) >= 11 is 0. The zero-order valence-electron chi connectivity index (χ0n) is 11.9. The van der Waals surface area contributed by atoms with E-state index in [0.29, 0.717) is 5.69 Å². The van der Waals surface area contributed by atoms with Gasteiger partial charge in [0.2, 0.25) is 11.7 Å². The van der Waals surface area contributed by atoms with Crippen molar-refractivity contribution in [3.05, 3.63) is 52.7 Å². The van der Waals surface area contributed by atoms with Crippen molar-refractivity contribution in [2.45, 2.75) is 6.92 Å². The molecule has 3 rings (SSSR count). The smallest absolute Gasteiger partial charge is 0.270 e. The van der Waals surface area contributed by atoms with E-state index < -0.39 is 10.7 Å². The highest BCUT2D eigenvalue weighted by atomic mass is 19.1. The average Bonchev–Trinajstić information content (AvgIpc) is 2.89. The molecule has 0 aliphatic carbocycles. The monoisotopic (exact) mass is 315 g/mol. The van der Waals surface area contributed by atoms with Crippen LogP contribution in [0.3, 0.4) is 0 Å². The number of amides is 1. The summed E-state index contributed by atoms with van der Waals surface area (Å²) in [5, 5.41) is 13.4. The Morgan fingerprint density at radius 1 is 1.39 bits per heavy atom. The predicted molar refractivity (Wildman–Crippen MR) is 79.3 cm³/mol. The number of hydrogen-bond acceptors (Lipinski definition) is 5. The van der Waals surface area contributed by atoms with E-state index in [1.54, 1.807) is 6.20 Å². The van der Waals surface area contributed by atoms with Crippen molar-refractivity contribution in [3.8, 4) is 11.3 Å². The minimum absolute atomic E-state index is 0.00535. The van der Waals surface area contributed by atoms with Crippen LogP contribution in [0.2, 0.25) is 0 Å². The molecule has 8 nitrogen and oxygen atoms in total. The van der Waals surface area contributed by atoms with E-state index >= 15 is 0 Å². The molecule has 1 aromatic carbocycles. The largest absolute Gasteiger partial charge is 0.324 e. The number of fused-ring (bicyclic) bond motifs is 1. The number of anilines is 1. The first-order valence-electron chi connectivity index (χ1n) is 6.50. The topological polar surface area (TPSA) is 102 Å². The number of nitrogens with one attached hydrogen (secondary N) is 1. The molecule has 0 atom stereocenters. The first-order chi connectivity index (χ1) is 10.9. The third kappa shape index (κ3) is 2.84. The molecule has 0 fully saturated rings. The Morgan fingerprint density at radius 2 is 2.17 bits per heavy atom. The van der Waals surface area contributed by atoms with E-state index in [4.69, 9.17) is 0 Å². The second kappa shape index (κ2) is 5.44. The Kier molecular flexibility index (Phi) is 3.45. The molecule has 1 N–H and O–H groups in total. The molecule has 0 saturated heterocycles. The van der Waals surface area contributed by atoms with Crippen LogP contribution < -0.4 is 5.32 Å². The highest BCUT2D eigenvalue weighted by molar-refractivity contribution is 5.88. The number of nitro groups is 1. The average molecular weight is 315 g/mol. The number of halogens is 1. The van der Waals surface area contributed by atoms with Crippen LogP contribution in [0.15, 0.2) is 36.8 Å². The normalized spacial score (nSPS) is 10.7. The molecule has 23 heavy (non-hydrogen) atoms. The van der Waals surface area contributed by atoms with Crippen molar-refractivity contribution in [1.29, 1.82) is 0 Å². The maximum absolute atomic E-state index is 13.9. The Bertz CT molecular complexity index is 937. The standard InChI is InChI=1S/C14H10FN5O3/c1-8(21)17-9-5-16-14-18-13(7-19(14)6-9)11-4-10(20(22)23)2-3-12(11)15/h2-7H,1H3,(H,17,21). The molecule has 9 heteroatoms. The van der Waals surface area contributed by atoms with Crippen LogP contribution in [0.5, 0.6) is 0 Å². The molecule has 3 aromatic rings. The highest BCUT2D eigenvalue weighted by Crippen LogP contribution is 2.26. The summed E-state index contributed by atoms with van der Waals surface area (Å²) in [6.07, 6.45) is 4.46. The number of rotatable bonds is 3. The molecule has 1 amide bonds. The fourth-order valence-electron chi connectivity index (χ4n) is 2.11. The van der Waals surface area contributed by atoms with E-state index in [9.17, 15) is 19.3 Å².